The van der Waals surface area contributed by atoms with Gasteiger partial charge in [-0.15, -0.1) is 0 Å². The molecule has 0 aliphatic rings. The van der Waals surface area contributed by atoms with E-state index in [1.165, 1.54) is 0 Å². The molecule has 1 N–H and O–H groups in total. The summed E-state index contributed by atoms with van der Waals surface area (Å²) in [5.41, 5.74) is 1.49. The van der Waals surface area contributed by atoms with Gasteiger partial charge in [-0.2, -0.15) is 0 Å². The Hall–Kier alpha value is -1.45. The van der Waals surface area contributed by atoms with Crippen molar-refractivity contribution < 1.29 is 18.7 Å². The van der Waals surface area contributed by atoms with E-state index in [1.54, 1.807) is 12.1 Å². The lowest BCUT2D eigenvalue weighted by atomic mass is 9.86. The number of carbonyl (C=O) groups is 1. The van der Waals surface area contributed by atoms with Crippen LogP contribution >= 0.6 is 0 Å². The Bertz CT molecular complexity index is 416. The number of rotatable bonds is 4. The Balaban J connectivity index is 2.78. The Labute approximate surface area is 106 Å². The molecular weight excluding hydrogens is 238 g/mol. The number of carboxylic acid groups (broad SMARTS) is 1. The fourth-order valence-electron chi connectivity index (χ4n) is 1.70. The molecular formula is C14H18F2O2. The van der Waals surface area contributed by atoms with Gasteiger partial charge in [-0.25, -0.2) is 8.78 Å². The van der Waals surface area contributed by atoms with Gasteiger partial charge in [-0.3, -0.25) is 4.79 Å². The van der Waals surface area contributed by atoms with Gasteiger partial charge in [0.1, 0.15) is 6.42 Å². The molecule has 2 nitrogen and oxygen atoms in total. The first kappa shape index (κ1) is 14.6. The summed E-state index contributed by atoms with van der Waals surface area (Å²) < 4.78 is 26.6. The van der Waals surface area contributed by atoms with E-state index in [-0.39, 0.29) is 5.41 Å². The summed E-state index contributed by atoms with van der Waals surface area (Å²) in [6, 6.07) is 6.89. The number of carboxylic acids is 1. The smallest absolute Gasteiger partial charge is 0.309 e. The van der Waals surface area contributed by atoms with Crippen LogP contribution in [-0.4, -0.2) is 17.0 Å². The second-order valence-electron chi connectivity index (χ2n) is 5.55. The van der Waals surface area contributed by atoms with Gasteiger partial charge in [0.25, 0.3) is 5.92 Å². The number of hydrogen-bond acceptors (Lipinski definition) is 1. The largest absolute Gasteiger partial charge is 0.481 e. The van der Waals surface area contributed by atoms with Crippen LogP contribution in [0.15, 0.2) is 24.3 Å². The third kappa shape index (κ3) is 4.43. The van der Waals surface area contributed by atoms with Crippen LogP contribution in [0.4, 0.5) is 8.78 Å². The molecule has 0 atom stereocenters. The van der Waals surface area contributed by atoms with Gasteiger partial charge in [-0.05, 0) is 16.5 Å². The number of alkyl halides is 2. The molecule has 100 valence electrons. The van der Waals surface area contributed by atoms with E-state index in [4.69, 9.17) is 5.11 Å². The third-order valence-corrected chi connectivity index (χ3v) is 2.69. The molecule has 0 radical (unpaired) electrons. The molecule has 1 aromatic rings. The van der Waals surface area contributed by atoms with Crippen LogP contribution in [0.2, 0.25) is 0 Å². The first-order valence-electron chi connectivity index (χ1n) is 5.79. The van der Waals surface area contributed by atoms with Crippen LogP contribution < -0.4 is 0 Å². The molecule has 0 unspecified atom stereocenters. The summed E-state index contributed by atoms with van der Waals surface area (Å²) in [4.78, 5) is 10.3. The van der Waals surface area contributed by atoms with E-state index < -0.39 is 24.7 Å². The van der Waals surface area contributed by atoms with Crippen LogP contribution in [-0.2, 0) is 16.6 Å². The zero-order valence-corrected chi connectivity index (χ0v) is 10.8. The van der Waals surface area contributed by atoms with Gasteiger partial charge in [0.15, 0.2) is 0 Å². The minimum Gasteiger partial charge on any atom is -0.481 e. The van der Waals surface area contributed by atoms with Crippen molar-refractivity contribution in [2.45, 2.75) is 45.0 Å². The Kier molecular flexibility index (Phi) is 4.09. The molecule has 0 heterocycles. The van der Waals surface area contributed by atoms with Crippen LogP contribution in [0.1, 0.15) is 38.3 Å². The molecule has 0 amide bonds. The lowest BCUT2D eigenvalue weighted by Crippen LogP contribution is -2.23. The average molecular weight is 256 g/mol. The summed E-state index contributed by atoms with van der Waals surface area (Å²) in [7, 11) is 0. The Morgan fingerprint density at radius 2 is 1.67 bits per heavy atom. The molecule has 18 heavy (non-hydrogen) atoms. The second kappa shape index (κ2) is 5.04. The molecule has 0 aliphatic carbocycles. The van der Waals surface area contributed by atoms with Crippen molar-refractivity contribution >= 4 is 5.97 Å². The molecule has 0 aliphatic heterocycles. The topological polar surface area (TPSA) is 37.3 Å². The van der Waals surface area contributed by atoms with Crippen LogP contribution in [0, 0.1) is 0 Å². The highest BCUT2D eigenvalue weighted by Crippen LogP contribution is 2.26. The molecule has 0 saturated heterocycles. The van der Waals surface area contributed by atoms with Crippen molar-refractivity contribution in [3.8, 4) is 0 Å². The van der Waals surface area contributed by atoms with Crippen molar-refractivity contribution in [2.75, 3.05) is 0 Å². The summed E-state index contributed by atoms with van der Waals surface area (Å²) in [6.07, 6.45) is -1.67. The number of aliphatic carboxylic acids is 1. The highest BCUT2D eigenvalue weighted by molar-refractivity contribution is 5.67. The molecule has 1 aromatic carbocycles. The number of benzene rings is 1. The molecule has 0 aromatic heterocycles. The summed E-state index contributed by atoms with van der Waals surface area (Å²) in [6.45, 7) is 6.13. The van der Waals surface area contributed by atoms with Gasteiger partial charge in [0, 0.05) is 6.42 Å². The summed E-state index contributed by atoms with van der Waals surface area (Å²) in [5.74, 6) is -4.68. The monoisotopic (exact) mass is 256 g/mol. The van der Waals surface area contributed by atoms with Crippen molar-refractivity contribution in [2.24, 2.45) is 0 Å². The minimum absolute atomic E-state index is 0.0257. The molecule has 0 fully saturated rings. The van der Waals surface area contributed by atoms with Gasteiger partial charge >= 0.3 is 5.97 Å². The van der Waals surface area contributed by atoms with E-state index >= 15 is 0 Å². The zero-order chi connectivity index (χ0) is 14.0. The molecule has 0 bridgehead atoms. The molecule has 1 rings (SSSR count). The standard InChI is InChI=1S/C14H18F2O2/c1-13(2,3)11-6-4-10(5-7-11)8-14(15,16)9-12(17)18/h4-7H,8-9H2,1-3H3,(H,17,18). The fraction of sp³-hybridized carbons (Fsp3) is 0.500. The first-order chi connectivity index (χ1) is 8.10. The highest BCUT2D eigenvalue weighted by Gasteiger charge is 2.32. The van der Waals surface area contributed by atoms with Crippen molar-refractivity contribution in [3.05, 3.63) is 35.4 Å². The number of hydrogen-bond donors (Lipinski definition) is 1. The maximum atomic E-state index is 13.3. The SMILES string of the molecule is CC(C)(C)c1ccc(CC(F)(F)CC(=O)O)cc1. The van der Waals surface area contributed by atoms with Gasteiger partial charge < -0.3 is 5.11 Å². The van der Waals surface area contributed by atoms with Crippen molar-refractivity contribution in [1.29, 1.82) is 0 Å². The van der Waals surface area contributed by atoms with E-state index in [0.717, 1.165) is 5.56 Å². The van der Waals surface area contributed by atoms with Crippen LogP contribution in [0.25, 0.3) is 0 Å². The maximum absolute atomic E-state index is 13.3. The normalized spacial score (nSPS) is 12.5. The minimum atomic E-state index is -3.20. The van der Waals surface area contributed by atoms with Gasteiger partial charge in [0.05, 0.1) is 0 Å². The predicted octanol–water partition coefficient (Wildman–Crippen LogP) is 3.64. The predicted molar refractivity (Wildman–Crippen MR) is 66.0 cm³/mol. The molecule has 4 heteroatoms. The Morgan fingerprint density at radius 3 is 2.06 bits per heavy atom. The van der Waals surface area contributed by atoms with E-state index in [0.29, 0.717) is 5.56 Å². The van der Waals surface area contributed by atoms with E-state index in [9.17, 15) is 13.6 Å². The second-order valence-corrected chi connectivity index (χ2v) is 5.55. The van der Waals surface area contributed by atoms with E-state index in [1.807, 2.05) is 32.9 Å². The van der Waals surface area contributed by atoms with Gasteiger partial charge in [-0.1, -0.05) is 45.0 Å². The first-order valence-corrected chi connectivity index (χ1v) is 5.79. The Morgan fingerprint density at radius 1 is 1.17 bits per heavy atom. The molecule has 0 spiro atoms. The lowest BCUT2D eigenvalue weighted by molar-refractivity contribution is -0.144. The van der Waals surface area contributed by atoms with Crippen LogP contribution in [0.5, 0.6) is 0 Å². The zero-order valence-electron chi connectivity index (χ0n) is 10.8. The fourth-order valence-corrected chi connectivity index (χ4v) is 1.70. The number of halogens is 2. The maximum Gasteiger partial charge on any atom is 0.309 e. The van der Waals surface area contributed by atoms with Gasteiger partial charge in [0.2, 0.25) is 0 Å². The van der Waals surface area contributed by atoms with Crippen molar-refractivity contribution in [3.63, 3.8) is 0 Å². The van der Waals surface area contributed by atoms with Crippen LogP contribution in [0.3, 0.4) is 0 Å². The third-order valence-electron chi connectivity index (χ3n) is 2.69. The quantitative estimate of drug-likeness (QED) is 0.893. The van der Waals surface area contributed by atoms with E-state index in [2.05, 4.69) is 0 Å². The van der Waals surface area contributed by atoms with Crippen molar-refractivity contribution in [1.82, 2.24) is 0 Å². The summed E-state index contributed by atoms with van der Waals surface area (Å²) in [5, 5.41) is 8.40. The molecule has 0 saturated carbocycles. The summed E-state index contributed by atoms with van der Waals surface area (Å²) >= 11 is 0. The highest BCUT2D eigenvalue weighted by atomic mass is 19.3. The lowest BCUT2D eigenvalue weighted by Gasteiger charge is -2.20. The average Bonchev–Trinajstić information content (AvgIpc) is 2.13.